The Labute approximate surface area is 168 Å². The maximum atomic E-state index is 13.5. The maximum Gasteiger partial charge on any atom is 0.260 e. The molecule has 28 heavy (non-hydrogen) atoms. The third-order valence-electron chi connectivity index (χ3n) is 4.73. The first-order valence-corrected chi connectivity index (χ1v) is 9.99. The van der Waals surface area contributed by atoms with Crippen molar-refractivity contribution in [1.82, 2.24) is 9.97 Å². The highest BCUT2D eigenvalue weighted by Gasteiger charge is 2.23. The summed E-state index contributed by atoms with van der Waals surface area (Å²) >= 11 is 1.56. The number of aryl methyl sites for hydroxylation is 3. The predicted molar refractivity (Wildman–Crippen MR) is 115 cm³/mol. The molecule has 0 fully saturated rings. The molecule has 4 aromatic rings. The number of nitrogens with zero attached hydrogens (tertiary/aromatic N) is 3. The quantitative estimate of drug-likeness (QED) is 0.467. The fourth-order valence-corrected chi connectivity index (χ4v) is 4.47. The van der Waals surface area contributed by atoms with Crippen molar-refractivity contribution in [3.8, 4) is 0 Å². The van der Waals surface area contributed by atoms with Crippen molar-refractivity contribution in [1.29, 1.82) is 0 Å². The number of hydrogen-bond acceptors (Lipinski definition) is 4. The van der Waals surface area contributed by atoms with Crippen molar-refractivity contribution < 1.29 is 4.79 Å². The van der Waals surface area contributed by atoms with Crippen molar-refractivity contribution in [2.24, 2.45) is 0 Å². The molecule has 2 aromatic carbocycles. The third-order valence-corrected chi connectivity index (χ3v) is 5.76. The summed E-state index contributed by atoms with van der Waals surface area (Å²) < 4.78 is 1.10. The average Bonchev–Trinajstić information content (AvgIpc) is 3.11. The number of pyridine rings is 1. The van der Waals surface area contributed by atoms with Crippen LogP contribution in [0, 0.1) is 20.8 Å². The van der Waals surface area contributed by atoms with Gasteiger partial charge in [0.25, 0.3) is 5.91 Å². The van der Waals surface area contributed by atoms with Crippen LogP contribution in [-0.4, -0.2) is 15.9 Å². The Kier molecular flexibility index (Phi) is 4.92. The van der Waals surface area contributed by atoms with Gasteiger partial charge in [0.05, 0.1) is 16.8 Å². The highest BCUT2D eigenvalue weighted by Crippen LogP contribution is 2.33. The van der Waals surface area contributed by atoms with Crippen LogP contribution in [0.25, 0.3) is 10.2 Å². The first-order chi connectivity index (χ1) is 13.5. The van der Waals surface area contributed by atoms with E-state index in [9.17, 15) is 4.79 Å². The van der Waals surface area contributed by atoms with E-state index >= 15 is 0 Å². The van der Waals surface area contributed by atoms with Gasteiger partial charge in [-0.15, -0.1) is 0 Å². The van der Waals surface area contributed by atoms with Crippen LogP contribution in [0.15, 0.2) is 60.9 Å². The first-order valence-electron chi connectivity index (χ1n) is 9.17. The lowest BCUT2D eigenvalue weighted by Crippen LogP contribution is -2.31. The molecule has 0 bridgehead atoms. The van der Waals surface area contributed by atoms with Gasteiger partial charge in [-0.2, -0.15) is 0 Å². The molecule has 0 spiro atoms. The van der Waals surface area contributed by atoms with E-state index in [1.165, 1.54) is 5.56 Å². The Morgan fingerprint density at radius 2 is 1.86 bits per heavy atom. The van der Waals surface area contributed by atoms with Gasteiger partial charge < -0.3 is 0 Å². The minimum atomic E-state index is -0.0459. The summed E-state index contributed by atoms with van der Waals surface area (Å²) in [6.07, 6.45) is 3.53. The normalized spacial score (nSPS) is 11.0. The van der Waals surface area contributed by atoms with Crippen LogP contribution in [0.4, 0.5) is 5.13 Å². The standard InChI is InChI=1S/C23H21N3OS/c1-15-11-17(3)21-20(12-15)28-23(25-21)26(14-18-8-6-10-24-13-18)22(27)19-9-5-4-7-16(19)2/h4-13H,14H2,1-3H3. The van der Waals surface area contributed by atoms with E-state index < -0.39 is 0 Å². The molecular weight excluding hydrogens is 366 g/mol. The monoisotopic (exact) mass is 387 g/mol. The van der Waals surface area contributed by atoms with Crippen molar-refractivity contribution in [2.75, 3.05) is 4.90 Å². The Balaban J connectivity index is 1.82. The van der Waals surface area contributed by atoms with Gasteiger partial charge in [0.1, 0.15) is 0 Å². The minimum Gasteiger partial charge on any atom is -0.279 e. The zero-order valence-corrected chi connectivity index (χ0v) is 17.0. The predicted octanol–water partition coefficient (Wildman–Crippen LogP) is 5.46. The SMILES string of the molecule is Cc1cc(C)c2nc(N(Cc3cccnc3)C(=O)c3ccccc3C)sc2c1. The molecule has 0 aliphatic heterocycles. The summed E-state index contributed by atoms with van der Waals surface area (Å²) in [6.45, 7) is 6.53. The Morgan fingerprint density at radius 1 is 1.04 bits per heavy atom. The molecule has 0 aliphatic carbocycles. The Bertz CT molecular complexity index is 1150. The lowest BCUT2D eigenvalue weighted by atomic mass is 10.1. The summed E-state index contributed by atoms with van der Waals surface area (Å²) in [7, 11) is 0. The lowest BCUT2D eigenvalue weighted by molar-refractivity contribution is 0.0984. The number of rotatable bonds is 4. The van der Waals surface area contributed by atoms with Gasteiger partial charge in [0.2, 0.25) is 0 Å². The van der Waals surface area contributed by atoms with Crippen molar-refractivity contribution in [3.63, 3.8) is 0 Å². The molecule has 4 rings (SSSR count). The maximum absolute atomic E-state index is 13.5. The van der Waals surface area contributed by atoms with Gasteiger partial charge in [-0.05, 0) is 61.2 Å². The average molecular weight is 388 g/mol. The minimum absolute atomic E-state index is 0.0459. The number of amides is 1. The van der Waals surface area contributed by atoms with Gasteiger partial charge in [0.15, 0.2) is 5.13 Å². The molecule has 0 saturated carbocycles. The highest BCUT2D eigenvalue weighted by atomic mass is 32.1. The molecule has 0 N–H and O–H groups in total. The van der Waals surface area contributed by atoms with Crippen LogP contribution in [0.1, 0.15) is 32.6 Å². The number of carbonyl (C=O) groups excluding carboxylic acids is 1. The van der Waals surface area contributed by atoms with Crippen molar-refractivity contribution in [3.05, 3.63) is 88.7 Å². The number of thiazole rings is 1. The molecule has 0 aliphatic rings. The summed E-state index contributed by atoms with van der Waals surface area (Å²) in [5.74, 6) is -0.0459. The van der Waals surface area contributed by atoms with Gasteiger partial charge >= 0.3 is 0 Å². The fourth-order valence-electron chi connectivity index (χ4n) is 3.33. The molecule has 0 saturated heterocycles. The number of fused-ring (bicyclic) bond motifs is 1. The zero-order chi connectivity index (χ0) is 19.7. The molecule has 2 heterocycles. The Hall–Kier alpha value is -3.05. The second-order valence-corrected chi connectivity index (χ2v) is 8.00. The molecule has 0 atom stereocenters. The van der Waals surface area contributed by atoms with Gasteiger partial charge in [-0.3, -0.25) is 14.7 Å². The van der Waals surface area contributed by atoms with Crippen LogP contribution in [0.5, 0.6) is 0 Å². The second-order valence-electron chi connectivity index (χ2n) is 6.99. The van der Waals surface area contributed by atoms with E-state index in [4.69, 9.17) is 4.98 Å². The van der Waals surface area contributed by atoms with E-state index in [-0.39, 0.29) is 5.91 Å². The summed E-state index contributed by atoms with van der Waals surface area (Å²) in [5, 5.41) is 0.709. The summed E-state index contributed by atoms with van der Waals surface area (Å²) in [5.41, 5.74) is 5.90. The van der Waals surface area contributed by atoms with Crippen LogP contribution >= 0.6 is 11.3 Å². The zero-order valence-electron chi connectivity index (χ0n) is 16.1. The fraction of sp³-hybridized carbons (Fsp3) is 0.174. The highest BCUT2D eigenvalue weighted by molar-refractivity contribution is 7.22. The molecule has 0 unspecified atom stereocenters. The number of anilines is 1. The van der Waals surface area contributed by atoms with Crippen LogP contribution < -0.4 is 4.90 Å². The molecule has 140 valence electrons. The third kappa shape index (κ3) is 3.53. The number of hydrogen-bond donors (Lipinski definition) is 0. The van der Waals surface area contributed by atoms with Crippen LogP contribution in [0.2, 0.25) is 0 Å². The van der Waals surface area contributed by atoms with Crippen LogP contribution in [0.3, 0.4) is 0 Å². The van der Waals surface area contributed by atoms with E-state index in [1.54, 1.807) is 28.6 Å². The number of benzene rings is 2. The van der Waals surface area contributed by atoms with Crippen molar-refractivity contribution >= 4 is 32.6 Å². The number of aromatic nitrogens is 2. The molecule has 1 amide bonds. The first kappa shape index (κ1) is 18.3. The second kappa shape index (κ2) is 7.52. The van der Waals surface area contributed by atoms with Crippen LogP contribution in [-0.2, 0) is 6.54 Å². The topological polar surface area (TPSA) is 46.1 Å². The van der Waals surface area contributed by atoms with E-state index in [0.29, 0.717) is 17.2 Å². The molecule has 5 heteroatoms. The Morgan fingerprint density at radius 3 is 2.61 bits per heavy atom. The summed E-state index contributed by atoms with van der Waals surface area (Å²) in [4.78, 5) is 24.3. The molecular formula is C23H21N3OS. The van der Waals surface area contributed by atoms with Gasteiger partial charge in [-0.25, -0.2) is 4.98 Å². The molecule has 2 aromatic heterocycles. The van der Waals surface area contributed by atoms with E-state index in [2.05, 4.69) is 31.0 Å². The smallest absolute Gasteiger partial charge is 0.260 e. The lowest BCUT2D eigenvalue weighted by Gasteiger charge is -2.21. The molecule has 0 radical (unpaired) electrons. The van der Waals surface area contributed by atoms with Crippen molar-refractivity contribution in [2.45, 2.75) is 27.3 Å². The van der Waals surface area contributed by atoms with Gasteiger partial charge in [0, 0.05) is 18.0 Å². The van der Waals surface area contributed by atoms with E-state index in [1.807, 2.05) is 43.3 Å². The van der Waals surface area contributed by atoms with E-state index in [0.717, 1.165) is 26.9 Å². The number of carbonyl (C=O) groups is 1. The van der Waals surface area contributed by atoms with Gasteiger partial charge in [-0.1, -0.05) is 41.7 Å². The largest absolute Gasteiger partial charge is 0.279 e. The molecule has 4 nitrogen and oxygen atoms in total. The summed E-state index contributed by atoms with van der Waals surface area (Å²) in [6, 6.07) is 15.8.